The Kier molecular flexibility index (Phi) is 1.78. The molecule has 0 saturated heterocycles. The average molecular weight is 211 g/mol. The zero-order chi connectivity index (χ0) is 7.84. The molecule has 1 heteroatoms. The van der Waals surface area contributed by atoms with Crippen molar-refractivity contribution in [2.75, 3.05) is 0 Å². The molecule has 0 nitrogen and oxygen atoms in total. The Labute approximate surface area is 74.2 Å². The summed E-state index contributed by atoms with van der Waals surface area (Å²) >= 11 is 0.862. The molecule has 0 saturated carbocycles. The van der Waals surface area contributed by atoms with Crippen molar-refractivity contribution in [3.8, 4) is 0 Å². The summed E-state index contributed by atoms with van der Waals surface area (Å²) in [6.07, 6.45) is 0. The number of rotatable bonds is 0. The van der Waals surface area contributed by atoms with Gasteiger partial charge >= 0.3 is 73.8 Å². The van der Waals surface area contributed by atoms with Gasteiger partial charge in [0, 0.05) is 0 Å². The molecule has 1 aromatic carbocycles. The van der Waals surface area contributed by atoms with Crippen molar-refractivity contribution in [1.29, 1.82) is 0 Å². The standard InChI is InChI=1S/C10H12Se/c1-7-3-4-9-5-11-6-10(9)8(7)2/h3-4H,5-6H2,1-2H3. The van der Waals surface area contributed by atoms with E-state index in [0.717, 1.165) is 15.0 Å². The molecule has 58 valence electrons. The van der Waals surface area contributed by atoms with Crippen LogP contribution in [0, 0.1) is 13.8 Å². The second-order valence-corrected chi connectivity index (χ2v) is 5.21. The minimum atomic E-state index is 0.862. The SMILES string of the molecule is Cc1ccc2c(c1C)C[Se]C2. The van der Waals surface area contributed by atoms with E-state index in [9.17, 15) is 0 Å². The molecule has 1 aliphatic heterocycles. The van der Waals surface area contributed by atoms with Gasteiger partial charge in [-0.2, -0.15) is 0 Å². The fourth-order valence-corrected chi connectivity index (χ4v) is 4.04. The molecule has 0 amide bonds. The summed E-state index contributed by atoms with van der Waals surface area (Å²) in [6.45, 7) is 4.47. The average Bonchev–Trinajstić information content (AvgIpc) is 2.45. The van der Waals surface area contributed by atoms with Gasteiger partial charge in [-0.15, -0.1) is 0 Å². The summed E-state index contributed by atoms with van der Waals surface area (Å²) in [7, 11) is 0. The monoisotopic (exact) mass is 212 g/mol. The van der Waals surface area contributed by atoms with Crippen LogP contribution in [0.2, 0.25) is 0 Å². The minimum absolute atomic E-state index is 0.862. The van der Waals surface area contributed by atoms with Gasteiger partial charge in [0.1, 0.15) is 0 Å². The molecule has 0 aliphatic carbocycles. The van der Waals surface area contributed by atoms with E-state index < -0.39 is 0 Å². The van der Waals surface area contributed by atoms with Crippen LogP contribution in [0.4, 0.5) is 0 Å². The molecule has 2 rings (SSSR count). The second kappa shape index (κ2) is 2.65. The van der Waals surface area contributed by atoms with Crippen LogP contribution in [0.1, 0.15) is 22.3 Å². The third kappa shape index (κ3) is 1.13. The number of hydrogen-bond donors (Lipinski definition) is 0. The third-order valence-corrected chi connectivity index (χ3v) is 4.58. The van der Waals surface area contributed by atoms with Crippen molar-refractivity contribution in [3.05, 3.63) is 34.4 Å². The molecule has 1 aliphatic rings. The van der Waals surface area contributed by atoms with Crippen molar-refractivity contribution in [2.24, 2.45) is 0 Å². The van der Waals surface area contributed by atoms with Gasteiger partial charge in [-0.05, 0) is 0 Å². The fraction of sp³-hybridized carbons (Fsp3) is 0.400. The predicted molar refractivity (Wildman–Crippen MR) is 49.1 cm³/mol. The summed E-state index contributed by atoms with van der Waals surface area (Å²) in [5.41, 5.74) is 6.28. The summed E-state index contributed by atoms with van der Waals surface area (Å²) in [5, 5.41) is 2.74. The third-order valence-electron chi connectivity index (χ3n) is 2.47. The first kappa shape index (κ1) is 7.39. The second-order valence-electron chi connectivity index (χ2n) is 3.14. The quantitative estimate of drug-likeness (QED) is 0.576. The van der Waals surface area contributed by atoms with Gasteiger partial charge in [0.05, 0.1) is 0 Å². The molecule has 0 N–H and O–H groups in total. The van der Waals surface area contributed by atoms with Gasteiger partial charge in [-0.3, -0.25) is 0 Å². The Bertz CT molecular complexity index is 289. The maximum atomic E-state index is 2.31. The van der Waals surface area contributed by atoms with E-state index in [-0.39, 0.29) is 0 Å². The van der Waals surface area contributed by atoms with E-state index in [4.69, 9.17) is 0 Å². The topological polar surface area (TPSA) is 0 Å². The molecular formula is C10H12Se. The summed E-state index contributed by atoms with van der Waals surface area (Å²) in [4.78, 5) is 0. The van der Waals surface area contributed by atoms with Crippen molar-refractivity contribution in [3.63, 3.8) is 0 Å². The van der Waals surface area contributed by atoms with Crippen molar-refractivity contribution < 1.29 is 0 Å². The van der Waals surface area contributed by atoms with Crippen LogP contribution in [0.5, 0.6) is 0 Å². The van der Waals surface area contributed by atoms with Gasteiger partial charge in [0.2, 0.25) is 0 Å². The van der Waals surface area contributed by atoms with Crippen LogP contribution in [0.25, 0.3) is 0 Å². The van der Waals surface area contributed by atoms with Crippen LogP contribution in [0.3, 0.4) is 0 Å². The van der Waals surface area contributed by atoms with E-state index in [1.54, 1.807) is 16.7 Å². The Morgan fingerprint density at radius 1 is 1.18 bits per heavy atom. The predicted octanol–water partition coefficient (Wildman–Crippen LogP) is 2.02. The van der Waals surface area contributed by atoms with Gasteiger partial charge in [0.25, 0.3) is 0 Å². The summed E-state index contributed by atoms with van der Waals surface area (Å²) in [6, 6.07) is 4.57. The Morgan fingerprint density at radius 3 is 2.82 bits per heavy atom. The molecule has 0 radical (unpaired) electrons. The first-order valence-electron chi connectivity index (χ1n) is 3.95. The number of benzene rings is 1. The molecule has 1 aromatic rings. The molecule has 1 heterocycles. The summed E-state index contributed by atoms with van der Waals surface area (Å²) < 4.78 is 0. The Morgan fingerprint density at radius 2 is 2.00 bits per heavy atom. The number of aryl methyl sites for hydroxylation is 1. The first-order chi connectivity index (χ1) is 5.29. The zero-order valence-corrected chi connectivity index (χ0v) is 8.69. The van der Waals surface area contributed by atoms with Gasteiger partial charge in [-0.25, -0.2) is 0 Å². The molecule has 0 aromatic heterocycles. The Balaban J connectivity index is 2.62. The van der Waals surface area contributed by atoms with Gasteiger partial charge in [-0.1, -0.05) is 0 Å². The molecular weight excluding hydrogens is 199 g/mol. The van der Waals surface area contributed by atoms with Crippen molar-refractivity contribution in [2.45, 2.75) is 24.5 Å². The number of fused-ring (bicyclic) bond motifs is 1. The van der Waals surface area contributed by atoms with Crippen LogP contribution in [-0.4, -0.2) is 15.0 Å². The first-order valence-corrected chi connectivity index (χ1v) is 6.37. The van der Waals surface area contributed by atoms with Gasteiger partial charge < -0.3 is 0 Å². The van der Waals surface area contributed by atoms with E-state index >= 15 is 0 Å². The van der Waals surface area contributed by atoms with E-state index in [2.05, 4.69) is 26.0 Å². The van der Waals surface area contributed by atoms with E-state index in [1.165, 1.54) is 16.2 Å². The van der Waals surface area contributed by atoms with Crippen LogP contribution < -0.4 is 0 Å². The van der Waals surface area contributed by atoms with Crippen LogP contribution in [-0.2, 0) is 10.6 Å². The zero-order valence-electron chi connectivity index (χ0n) is 6.98. The molecule has 0 fully saturated rings. The molecule has 0 unspecified atom stereocenters. The molecule has 0 bridgehead atoms. The van der Waals surface area contributed by atoms with Gasteiger partial charge in [0.15, 0.2) is 0 Å². The van der Waals surface area contributed by atoms with Crippen LogP contribution >= 0.6 is 0 Å². The van der Waals surface area contributed by atoms with E-state index in [1.807, 2.05) is 0 Å². The molecule has 0 spiro atoms. The Hall–Kier alpha value is -0.261. The normalized spacial score (nSPS) is 15.1. The molecule has 11 heavy (non-hydrogen) atoms. The van der Waals surface area contributed by atoms with Crippen molar-refractivity contribution >= 4 is 15.0 Å². The summed E-state index contributed by atoms with van der Waals surface area (Å²) in [5.74, 6) is 0. The van der Waals surface area contributed by atoms with Crippen molar-refractivity contribution in [1.82, 2.24) is 0 Å². The molecule has 0 atom stereocenters. The van der Waals surface area contributed by atoms with E-state index in [0.29, 0.717) is 0 Å². The fourth-order valence-electron chi connectivity index (χ4n) is 1.53. The maximum absolute atomic E-state index is 2.31. The van der Waals surface area contributed by atoms with Crippen LogP contribution in [0.15, 0.2) is 12.1 Å². The number of hydrogen-bond acceptors (Lipinski definition) is 0.